The van der Waals surface area contributed by atoms with Crippen LogP contribution in [0.4, 0.5) is 0 Å². The second-order valence-corrected chi connectivity index (χ2v) is 5.74. The minimum absolute atomic E-state index is 0.201. The molecule has 1 saturated heterocycles. The topological polar surface area (TPSA) is 32.3 Å². The van der Waals surface area contributed by atoms with Crippen molar-refractivity contribution in [2.45, 2.75) is 38.6 Å². The van der Waals surface area contributed by atoms with E-state index in [-0.39, 0.29) is 5.91 Å². The van der Waals surface area contributed by atoms with Crippen LogP contribution in [0.3, 0.4) is 0 Å². The molecule has 1 aromatic rings. The van der Waals surface area contributed by atoms with Crippen LogP contribution in [0, 0.1) is 0 Å². The Balaban J connectivity index is 2.04. The predicted molar refractivity (Wildman–Crippen MR) is 83.1 cm³/mol. The lowest BCUT2D eigenvalue weighted by Crippen LogP contribution is -2.47. The Morgan fingerprint density at radius 3 is 2.70 bits per heavy atom. The van der Waals surface area contributed by atoms with Crippen molar-refractivity contribution in [1.29, 1.82) is 0 Å². The van der Waals surface area contributed by atoms with Crippen molar-refractivity contribution in [1.82, 2.24) is 10.2 Å². The van der Waals surface area contributed by atoms with E-state index in [0.717, 1.165) is 44.5 Å². The van der Waals surface area contributed by atoms with Gasteiger partial charge in [0.15, 0.2) is 0 Å². The molecular formula is C16H23ClN2O. The molecule has 1 fully saturated rings. The van der Waals surface area contributed by atoms with Gasteiger partial charge in [0, 0.05) is 17.6 Å². The largest absolute Gasteiger partial charge is 0.339 e. The van der Waals surface area contributed by atoms with Gasteiger partial charge in [0.1, 0.15) is 0 Å². The molecule has 1 amide bonds. The number of nitrogens with one attached hydrogen (secondary N) is 1. The zero-order chi connectivity index (χ0) is 14.4. The molecule has 20 heavy (non-hydrogen) atoms. The first-order chi connectivity index (χ1) is 9.72. The third-order valence-corrected chi connectivity index (χ3v) is 4.20. The second kappa shape index (κ2) is 7.65. The maximum absolute atomic E-state index is 12.6. The molecule has 0 aromatic heterocycles. The Hall–Kier alpha value is -1.06. The highest BCUT2D eigenvalue weighted by Crippen LogP contribution is 2.19. The number of amides is 1. The number of piperidine rings is 1. The third kappa shape index (κ3) is 3.97. The Bertz CT molecular complexity index is 444. The molecule has 0 spiro atoms. The predicted octanol–water partition coefficient (Wildman–Crippen LogP) is 2.87. The van der Waals surface area contributed by atoms with Crippen molar-refractivity contribution in [3.8, 4) is 0 Å². The van der Waals surface area contributed by atoms with E-state index in [2.05, 4.69) is 17.1 Å². The van der Waals surface area contributed by atoms with Crippen LogP contribution in [0.2, 0.25) is 5.02 Å². The number of benzene rings is 1. The molecule has 3 nitrogen and oxygen atoms in total. The number of hydrogen-bond acceptors (Lipinski definition) is 2. The van der Waals surface area contributed by atoms with E-state index in [1.165, 1.54) is 0 Å². The van der Waals surface area contributed by atoms with Crippen molar-refractivity contribution < 1.29 is 4.79 Å². The van der Waals surface area contributed by atoms with Crippen LogP contribution < -0.4 is 5.32 Å². The van der Waals surface area contributed by atoms with Gasteiger partial charge in [-0.3, -0.25) is 4.79 Å². The molecule has 1 aliphatic rings. The Morgan fingerprint density at radius 2 is 2.05 bits per heavy atom. The van der Waals surface area contributed by atoms with E-state index >= 15 is 0 Å². The number of nitrogens with zero attached hydrogens (tertiary/aromatic N) is 1. The Labute approximate surface area is 126 Å². The summed E-state index contributed by atoms with van der Waals surface area (Å²) >= 11 is 6.16. The zero-order valence-corrected chi connectivity index (χ0v) is 12.8. The summed E-state index contributed by atoms with van der Waals surface area (Å²) in [6, 6.07) is 7.99. The van der Waals surface area contributed by atoms with Crippen LogP contribution >= 0.6 is 11.6 Å². The summed E-state index contributed by atoms with van der Waals surface area (Å²) in [5, 5.41) is 4.03. The molecule has 1 aliphatic heterocycles. The summed E-state index contributed by atoms with van der Waals surface area (Å²) in [7, 11) is 0. The molecule has 0 saturated carbocycles. The number of carbonyl (C=O) groups excluding carboxylic acids is 1. The standard InChI is InChI=1S/C16H23ClN2O/c1-2-11-19(14-7-9-18-10-8-14)16(20)12-13-5-3-4-6-15(13)17/h3-6,14,18H,2,7-12H2,1H3. The summed E-state index contributed by atoms with van der Waals surface area (Å²) in [5.41, 5.74) is 0.925. The first-order valence-electron chi connectivity index (χ1n) is 7.46. The Kier molecular flexibility index (Phi) is 5.86. The van der Waals surface area contributed by atoms with Gasteiger partial charge in [0.2, 0.25) is 5.91 Å². The fourth-order valence-electron chi connectivity index (χ4n) is 2.78. The van der Waals surface area contributed by atoms with Gasteiger partial charge in [-0.05, 0) is 44.0 Å². The van der Waals surface area contributed by atoms with E-state index in [0.29, 0.717) is 17.5 Å². The fourth-order valence-corrected chi connectivity index (χ4v) is 2.98. The van der Waals surface area contributed by atoms with Crippen LogP contribution in [0.5, 0.6) is 0 Å². The molecular weight excluding hydrogens is 272 g/mol. The highest BCUT2D eigenvalue weighted by molar-refractivity contribution is 6.31. The van der Waals surface area contributed by atoms with Crippen LogP contribution in [-0.4, -0.2) is 36.5 Å². The summed E-state index contributed by atoms with van der Waals surface area (Å²) in [6.45, 7) is 4.97. The summed E-state index contributed by atoms with van der Waals surface area (Å²) in [5.74, 6) is 0.201. The molecule has 0 unspecified atom stereocenters. The lowest BCUT2D eigenvalue weighted by Gasteiger charge is -2.34. The van der Waals surface area contributed by atoms with E-state index in [9.17, 15) is 4.79 Å². The lowest BCUT2D eigenvalue weighted by molar-refractivity contribution is -0.133. The normalized spacial score (nSPS) is 16.1. The molecule has 0 atom stereocenters. The van der Waals surface area contributed by atoms with Crippen molar-refractivity contribution in [2.75, 3.05) is 19.6 Å². The van der Waals surface area contributed by atoms with Gasteiger partial charge in [0.05, 0.1) is 6.42 Å². The lowest BCUT2D eigenvalue weighted by atomic mass is 10.0. The van der Waals surface area contributed by atoms with Gasteiger partial charge in [-0.1, -0.05) is 36.7 Å². The van der Waals surface area contributed by atoms with Crippen LogP contribution in [0.15, 0.2) is 24.3 Å². The third-order valence-electron chi connectivity index (χ3n) is 3.83. The van der Waals surface area contributed by atoms with Crippen LogP contribution in [0.25, 0.3) is 0 Å². The molecule has 0 bridgehead atoms. The number of halogens is 1. The van der Waals surface area contributed by atoms with E-state index in [1.54, 1.807) is 0 Å². The number of rotatable bonds is 5. The first kappa shape index (κ1) is 15.3. The van der Waals surface area contributed by atoms with Gasteiger partial charge in [-0.25, -0.2) is 0 Å². The summed E-state index contributed by atoms with van der Waals surface area (Å²) in [4.78, 5) is 14.7. The smallest absolute Gasteiger partial charge is 0.227 e. The van der Waals surface area contributed by atoms with E-state index < -0.39 is 0 Å². The van der Waals surface area contributed by atoms with Gasteiger partial charge < -0.3 is 10.2 Å². The molecule has 1 N–H and O–H groups in total. The van der Waals surface area contributed by atoms with Gasteiger partial charge in [-0.2, -0.15) is 0 Å². The minimum Gasteiger partial charge on any atom is -0.339 e. The maximum Gasteiger partial charge on any atom is 0.227 e. The maximum atomic E-state index is 12.6. The molecule has 110 valence electrons. The average Bonchev–Trinajstić information content (AvgIpc) is 2.48. The van der Waals surface area contributed by atoms with Crippen molar-refractivity contribution in [3.63, 3.8) is 0 Å². The molecule has 4 heteroatoms. The Morgan fingerprint density at radius 1 is 1.35 bits per heavy atom. The SMILES string of the molecule is CCCN(C(=O)Cc1ccccc1Cl)C1CCNCC1. The molecule has 1 heterocycles. The average molecular weight is 295 g/mol. The van der Waals surface area contributed by atoms with Crippen molar-refractivity contribution in [2.24, 2.45) is 0 Å². The zero-order valence-electron chi connectivity index (χ0n) is 12.1. The van der Waals surface area contributed by atoms with Gasteiger partial charge in [-0.15, -0.1) is 0 Å². The van der Waals surface area contributed by atoms with Gasteiger partial charge >= 0.3 is 0 Å². The van der Waals surface area contributed by atoms with Gasteiger partial charge in [0.25, 0.3) is 0 Å². The minimum atomic E-state index is 0.201. The first-order valence-corrected chi connectivity index (χ1v) is 7.83. The summed E-state index contributed by atoms with van der Waals surface area (Å²) < 4.78 is 0. The second-order valence-electron chi connectivity index (χ2n) is 5.34. The van der Waals surface area contributed by atoms with E-state index in [4.69, 9.17) is 11.6 Å². The quantitative estimate of drug-likeness (QED) is 0.906. The van der Waals surface area contributed by atoms with Crippen molar-refractivity contribution in [3.05, 3.63) is 34.9 Å². The van der Waals surface area contributed by atoms with Crippen LogP contribution in [0.1, 0.15) is 31.7 Å². The fraction of sp³-hybridized carbons (Fsp3) is 0.562. The molecule has 0 radical (unpaired) electrons. The molecule has 0 aliphatic carbocycles. The highest BCUT2D eigenvalue weighted by Gasteiger charge is 2.24. The van der Waals surface area contributed by atoms with Crippen LogP contribution in [-0.2, 0) is 11.2 Å². The monoisotopic (exact) mass is 294 g/mol. The number of hydrogen-bond donors (Lipinski definition) is 1. The molecule has 1 aromatic carbocycles. The molecule has 2 rings (SSSR count). The highest BCUT2D eigenvalue weighted by atomic mass is 35.5. The number of carbonyl (C=O) groups is 1. The van der Waals surface area contributed by atoms with Crippen molar-refractivity contribution >= 4 is 17.5 Å². The van der Waals surface area contributed by atoms with E-state index in [1.807, 2.05) is 24.3 Å². The summed E-state index contributed by atoms with van der Waals surface area (Å²) in [6.07, 6.45) is 3.50.